The molecular weight excluding hydrogens is 353 g/mol. The van der Waals surface area contributed by atoms with E-state index in [0.29, 0.717) is 11.5 Å². The van der Waals surface area contributed by atoms with Crippen LogP contribution in [0.1, 0.15) is 24.2 Å². The van der Waals surface area contributed by atoms with E-state index in [1.807, 2.05) is 0 Å². The summed E-state index contributed by atoms with van der Waals surface area (Å²) in [6.45, 7) is 3.54. The Balaban J connectivity index is 2.19. The Bertz CT molecular complexity index is 804. The number of nitrogens with zero attached hydrogens (tertiary/aromatic N) is 1. The summed E-state index contributed by atoms with van der Waals surface area (Å²) in [6, 6.07) is 6.41. The van der Waals surface area contributed by atoms with Crippen molar-refractivity contribution in [3.8, 4) is 11.5 Å². The molecule has 2 amide bonds. The molecule has 0 aliphatic rings. The number of carbonyl (C=O) groups is 2. The van der Waals surface area contributed by atoms with Crippen LogP contribution in [-0.2, 0) is 4.79 Å². The van der Waals surface area contributed by atoms with Crippen LogP contribution in [-0.4, -0.2) is 37.1 Å². The maximum atomic E-state index is 13.7. The molecule has 1 unspecified atom stereocenters. The number of aromatic nitrogens is 1. The van der Waals surface area contributed by atoms with Gasteiger partial charge >= 0.3 is 0 Å². The van der Waals surface area contributed by atoms with E-state index in [0.717, 1.165) is 0 Å². The molecule has 0 spiro atoms. The Labute approximate surface area is 156 Å². The molecule has 2 N–H and O–H groups in total. The predicted molar refractivity (Wildman–Crippen MR) is 98.5 cm³/mol. The summed E-state index contributed by atoms with van der Waals surface area (Å²) in [5, 5.41) is 5.07. The van der Waals surface area contributed by atoms with Gasteiger partial charge in [-0.2, -0.15) is 0 Å². The number of ether oxygens (including phenoxy) is 2. The molecule has 1 aromatic heterocycles. The van der Waals surface area contributed by atoms with Crippen LogP contribution in [0, 0.1) is 11.7 Å². The third-order valence-corrected chi connectivity index (χ3v) is 3.85. The lowest BCUT2D eigenvalue weighted by molar-refractivity contribution is -0.118. The quantitative estimate of drug-likeness (QED) is 0.777. The van der Waals surface area contributed by atoms with Crippen molar-refractivity contribution in [1.29, 1.82) is 0 Å². The third kappa shape index (κ3) is 5.16. The van der Waals surface area contributed by atoms with Crippen LogP contribution in [0.3, 0.4) is 0 Å². The lowest BCUT2D eigenvalue weighted by Crippen LogP contribution is -2.47. The molecule has 1 heterocycles. The number of methoxy groups -OCH3 is 2. The fourth-order valence-electron chi connectivity index (χ4n) is 2.37. The molecule has 7 nitrogen and oxygen atoms in total. The van der Waals surface area contributed by atoms with E-state index < -0.39 is 23.7 Å². The van der Waals surface area contributed by atoms with Crippen molar-refractivity contribution in [3.63, 3.8) is 0 Å². The maximum absolute atomic E-state index is 13.7. The molecule has 8 heteroatoms. The van der Waals surface area contributed by atoms with E-state index in [4.69, 9.17) is 9.47 Å². The van der Waals surface area contributed by atoms with Crippen LogP contribution in [0.25, 0.3) is 0 Å². The molecule has 0 saturated carbocycles. The zero-order valence-corrected chi connectivity index (χ0v) is 15.6. The molecule has 0 fully saturated rings. The molecule has 1 atom stereocenters. The summed E-state index contributed by atoms with van der Waals surface area (Å²) >= 11 is 0. The number of pyridine rings is 1. The Morgan fingerprint density at radius 1 is 1.11 bits per heavy atom. The van der Waals surface area contributed by atoms with Crippen LogP contribution >= 0.6 is 0 Å². The molecular formula is C19H22FN3O4. The van der Waals surface area contributed by atoms with E-state index >= 15 is 0 Å². The maximum Gasteiger partial charge on any atom is 0.252 e. The minimum Gasteiger partial charge on any atom is -0.497 e. The Morgan fingerprint density at radius 2 is 1.74 bits per heavy atom. The average molecular weight is 375 g/mol. The molecule has 0 aliphatic carbocycles. The lowest BCUT2D eigenvalue weighted by atomic mass is 10.0. The predicted octanol–water partition coefficient (Wildman–Crippen LogP) is 2.63. The fraction of sp³-hybridized carbons (Fsp3) is 0.316. The van der Waals surface area contributed by atoms with Gasteiger partial charge in [0, 0.05) is 17.8 Å². The molecule has 2 rings (SSSR count). The standard InChI is InChI=1S/C19H22FN3O4/c1-11(2)16(19(25)23-17-15(20)6-5-7-21-17)22-18(24)12-8-13(26-3)10-14(9-12)27-4/h5-11,16H,1-4H3,(H,22,24)(H,21,23,25). The first-order valence-electron chi connectivity index (χ1n) is 8.31. The van der Waals surface area contributed by atoms with Gasteiger partial charge in [-0.25, -0.2) is 9.37 Å². The van der Waals surface area contributed by atoms with Crippen molar-refractivity contribution in [3.05, 3.63) is 47.9 Å². The summed E-state index contributed by atoms with van der Waals surface area (Å²) in [7, 11) is 2.95. The van der Waals surface area contributed by atoms with Gasteiger partial charge in [0.25, 0.3) is 5.91 Å². The van der Waals surface area contributed by atoms with Crippen LogP contribution in [0.15, 0.2) is 36.5 Å². The van der Waals surface area contributed by atoms with E-state index in [-0.39, 0.29) is 17.3 Å². The van der Waals surface area contributed by atoms with Gasteiger partial charge in [-0.1, -0.05) is 13.8 Å². The SMILES string of the molecule is COc1cc(OC)cc(C(=O)NC(C(=O)Nc2ncccc2F)C(C)C)c1. The van der Waals surface area contributed by atoms with Crippen molar-refractivity contribution in [1.82, 2.24) is 10.3 Å². The largest absolute Gasteiger partial charge is 0.497 e. The smallest absolute Gasteiger partial charge is 0.252 e. The number of rotatable bonds is 7. The number of benzene rings is 1. The van der Waals surface area contributed by atoms with Gasteiger partial charge in [-0.15, -0.1) is 0 Å². The molecule has 1 aromatic carbocycles. The number of amides is 2. The third-order valence-electron chi connectivity index (χ3n) is 3.85. The van der Waals surface area contributed by atoms with Crippen LogP contribution in [0.5, 0.6) is 11.5 Å². The molecule has 27 heavy (non-hydrogen) atoms. The van der Waals surface area contributed by atoms with Crippen molar-refractivity contribution in [2.24, 2.45) is 5.92 Å². The summed E-state index contributed by atoms with van der Waals surface area (Å²) in [6.07, 6.45) is 1.37. The van der Waals surface area contributed by atoms with E-state index in [1.54, 1.807) is 19.9 Å². The Morgan fingerprint density at radius 3 is 2.26 bits per heavy atom. The highest BCUT2D eigenvalue weighted by Gasteiger charge is 2.26. The Kier molecular flexibility index (Phi) is 6.70. The zero-order chi connectivity index (χ0) is 20.0. The van der Waals surface area contributed by atoms with Gasteiger partial charge in [0.15, 0.2) is 11.6 Å². The lowest BCUT2D eigenvalue weighted by Gasteiger charge is -2.22. The molecule has 0 radical (unpaired) electrons. The average Bonchev–Trinajstić information content (AvgIpc) is 2.66. The monoisotopic (exact) mass is 375 g/mol. The zero-order valence-electron chi connectivity index (χ0n) is 15.6. The van der Waals surface area contributed by atoms with Gasteiger partial charge in [0.2, 0.25) is 5.91 Å². The second-order valence-corrected chi connectivity index (χ2v) is 6.12. The molecule has 144 valence electrons. The number of halogens is 1. The summed E-state index contributed by atoms with van der Waals surface area (Å²) in [5.74, 6) is -1.24. The fourth-order valence-corrected chi connectivity index (χ4v) is 2.37. The van der Waals surface area contributed by atoms with Gasteiger partial charge < -0.3 is 20.1 Å². The van der Waals surface area contributed by atoms with Crippen LogP contribution < -0.4 is 20.1 Å². The van der Waals surface area contributed by atoms with Gasteiger partial charge in [-0.05, 0) is 30.2 Å². The number of hydrogen-bond donors (Lipinski definition) is 2. The summed E-state index contributed by atoms with van der Waals surface area (Å²) in [4.78, 5) is 29.0. The van der Waals surface area contributed by atoms with Crippen molar-refractivity contribution in [2.45, 2.75) is 19.9 Å². The minimum atomic E-state index is -0.892. The number of hydrogen-bond acceptors (Lipinski definition) is 5. The number of carbonyl (C=O) groups excluding carboxylic acids is 2. The van der Waals surface area contributed by atoms with Crippen molar-refractivity contribution >= 4 is 17.6 Å². The van der Waals surface area contributed by atoms with E-state index in [2.05, 4.69) is 15.6 Å². The highest BCUT2D eigenvalue weighted by molar-refractivity contribution is 6.01. The molecule has 0 bridgehead atoms. The van der Waals surface area contributed by atoms with Gasteiger partial charge in [0.05, 0.1) is 14.2 Å². The molecule has 0 saturated heterocycles. The highest BCUT2D eigenvalue weighted by atomic mass is 19.1. The van der Waals surface area contributed by atoms with Gasteiger partial charge in [-0.3, -0.25) is 9.59 Å². The second kappa shape index (κ2) is 8.98. The van der Waals surface area contributed by atoms with Crippen molar-refractivity contribution in [2.75, 3.05) is 19.5 Å². The first kappa shape index (κ1) is 20.2. The Hall–Kier alpha value is -3.16. The summed E-state index contributed by atoms with van der Waals surface area (Å²) in [5.41, 5.74) is 0.272. The van der Waals surface area contributed by atoms with Crippen molar-refractivity contribution < 1.29 is 23.5 Å². The summed E-state index contributed by atoms with van der Waals surface area (Å²) < 4.78 is 24.0. The molecule has 0 aliphatic heterocycles. The molecule has 2 aromatic rings. The highest BCUT2D eigenvalue weighted by Crippen LogP contribution is 2.22. The first-order chi connectivity index (χ1) is 12.8. The number of anilines is 1. The first-order valence-corrected chi connectivity index (χ1v) is 8.31. The van der Waals surface area contributed by atoms with E-state index in [9.17, 15) is 14.0 Å². The van der Waals surface area contributed by atoms with Gasteiger partial charge in [0.1, 0.15) is 17.5 Å². The van der Waals surface area contributed by atoms with Crippen LogP contribution in [0.4, 0.5) is 10.2 Å². The van der Waals surface area contributed by atoms with E-state index in [1.165, 1.54) is 44.7 Å². The van der Waals surface area contributed by atoms with Crippen LogP contribution in [0.2, 0.25) is 0 Å². The second-order valence-electron chi connectivity index (χ2n) is 6.12. The topological polar surface area (TPSA) is 89.5 Å². The minimum absolute atomic E-state index is 0.189. The normalized spacial score (nSPS) is 11.6. The number of nitrogens with one attached hydrogen (secondary N) is 2.